The summed E-state index contributed by atoms with van der Waals surface area (Å²) in [7, 11) is 2.04. The van der Waals surface area contributed by atoms with Crippen molar-refractivity contribution < 1.29 is 5.11 Å². The normalized spacial score (nSPS) is 22.4. The molecule has 5 nitrogen and oxygen atoms in total. The molecule has 0 amide bonds. The lowest BCUT2D eigenvalue weighted by Crippen LogP contribution is -2.53. The number of aromatic nitrogens is 1. The van der Waals surface area contributed by atoms with Gasteiger partial charge in [0.1, 0.15) is 0 Å². The van der Waals surface area contributed by atoms with Crippen molar-refractivity contribution in [3.8, 4) is 0 Å². The van der Waals surface area contributed by atoms with E-state index in [0.717, 1.165) is 25.3 Å². The lowest BCUT2D eigenvalue weighted by atomic mass is 10.1. The van der Waals surface area contributed by atoms with Crippen molar-refractivity contribution in [1.29, 1.82) is 0 Å². The molecule has 1 aliphatic heterocycles. The van der Waals surface area contributed by atoms with Gasteiger partial charge in [-0.25, -0.2) is 0 Å². The van der Waals surface area contributed by atoms with Crippen molar-refractivity contribution in [1.82, 2.24) is 9.88 Å². The molecule has 5 heteroatoms. The minimum absolute atomic E-state index is 0.179. The summed E-state index contributed by atoms with van der Waals surface area (Å²) in [6, 6.07) is 2.11. The number of aliphatic hydroxyl groups excluding tert-OH is 1. The molecule has 88 valence electrons. The molecule has 1 aliphatic rings. The molecule has 1 unspecified atom stereocenters. The summed E-state index contributed by atoms with van der Waals surface area (Å²) in [5.41, 5.74) is 7.61. The Bertz CT molecular complexity index is 358. The number of nitrogen functional groups attached to an aromatic ring is 1. The Hall–Kier alpha value is -1.33. The number of nitrogens with two attached hydrogens (primary N) is 1. The van der Waals surface area contributed by atoms with Crippen LogP contribution in [-0.2, 0) is 0 Å². The Balaban J connectivity index is 2.14. The zero-order valence-corrected chi connectivity index (χ0v) is 9.50. The van der Waals surface area contributed by atoms with Gasteiger partial charge in [0, 0.05) is 25.8 Å². The second kappa shape index (κ2) is 4.67. The van der Waals surface area contributed by atoms with Gasteiger partial charge in [0.05, 0.1) is 30.2 Å². The lowest BCUT2D eigenvalue weighted by Gasteiger charge is -2.40. The first-order chi connectivity index (χ1) is 7.72. The predicted octanol–water partition coefficient (Wildman–Crippen LogP) is -0.224. The highest BCUT2D eigenvalue weighted by molar-refractivity contribution is 5.66. The molecule has 0 saturated carbocycles. The molecule has 1 aromatic rings. The van der Waals surface area contributed by atoms with Crippen LogP contribution in [0.25, 0.3) is 0 Å². The largest absolute Gasteiger partial charge is 0.396 e. The van der Waals surface area contributed by atoms with E-state index in [1.165, 1.54) is 0 Å². The molecule has 0 aromatic carbocycles. The second-order valence-corrected chi connectivity index (χ2v) is 4.20. The van der Waals surface area contributed by atoms with Gasteiger partial charge >= 0.3 is 0 Å². The third kappa shape index (κ3) is 2.10. The van der Waals surface area contributed by atoms with Gasteiger partial charge in [-0.2, -0.15) is 0 Å². The fraction of sp³-hybridized carbons (Fsp3) is 0.545. The van der Waals surface area contributed by atoms with E-state index in [9.17, 15) is 5.11 Å². The van der Waals surface area contributed by atoms with E-state index in [2.05, 4.69) is 14.8 Å². The van der Waals surface area contributed by atoms with Crippen LogP contribution in [0.2, 0.25) is 0 Å². The minimum Gasteiger partial charge on any atom is -0.396 e. The highest BCUT2D eigenvalue weighted by atomic mass is 16.3. The maximum atomic E-state index is 9.28. The van der Waals surface area contributed by atoms with Crippen LogP contribution >= 0.6 is 0 Å². The SMILES string of the molecule is CN1CCN(c2ccncc2N)CC1CO. The molecule has 3 N–H and O–H groups in total. The van der Waals surface area contributed by atoms with Crippen molar-refractivity contribution in [2.75, 3.05) is 43.9 Å². The van der Waals surface area contributed by atoms with E-state index in [0.29, 0.717) is 5.69 Å². The highest BCUT2D eigenvalue weighted by Crippen LogP contribution is 2.23. The summed E-state index contributed by atoms with van der Waals surface area (Å²) in [5, 5.41) is 9.28. The van der Waals surface area contributed by atoms with E-state index in [1.54, 1.807) is 12.4 Å². The average Bonchev–Trinajstić information content (AvgIpc) is 2.31. The Morgan fingerprint density at radius 1 is 1.56 bits per heavy atom. The van der Waals surface area contributed by atoms with Crippen LogP contribution < -0.4 is 10.6 Å². The van der Waals surface area contributed by atoms with Crippen LogP contribution in [0.5, 0.6) is 0 Å². The Kier molecular flexibility index (Phi) is 3.26. The summed E-state index contributed by atoms with van der Waals surface area (Å²) in [5.74, 6) is 0. The zero-order chi connectivity index (χ0) is 11.5. The third-order valence-corrected chi connectivity index (χ3v) is 3.16. The van der Waals surface area contributed by atoms with Gasteiger partial charge in [-0.15, -0.1) is 0 Å². The van der Waals surface area contributed by atoms with Crippen molar-refractivity contribution in [2.24, 2.45) is 0 Å². The first-order valence-electron chi connectivity index (χ1n) is 5.48. The summed E-state index contributed by atoms with van der Waals surface area (Å²) < 4.78 is 0. The third-order valence-electron chi connectivity index (χ3n) is 3.16. The van der Waals surface area contributed by atoms with Crippen LogP contribution in [0.15, 0.2) is 18.5 Å². The fourth-order valence-corrected chi connectivity index (χ4v) is 2.05. The Labute approximate surface area is 95.5 Å². The van der Waals surface area contributed by atoms with Gasteiger partial charge in [-0.3, -0.25) is 9.88 Å². The van der Waals surface area contributed by atoms with Crippen LogP contribution in [0.3, 0.4) is 0 Å². The van der Waals surface area contributed by atoms with E-state index in [4.69, 9.17) is 5.73 Å². The summed E-state index contributed by atoms with van der Waals surface area (Å²) >= 11 is 0. The summed E-state index contributed by atoms with van der Waals surface area (Å²) in [4.78, 5) is 8.36. The minimum atomic E-state index is 0.179. The van der Waals surface area contributed by atoms with E-state index >= 15 is 0 Å². The number of rotatable bonds is 2. The Morgan fingerprint density at radius 2 is 2.38 bits per heavy atom. The van der Waals surface area contributed by atoms with E-state index in [1.807, 2.05) is 13.1 Å². The van der Waals surface area contributed by atoms with Gasteiger partial charge in [0.25, 0.3) is 0 Å². The first kappa shape index (κ1) is 11.2. The van der Waals surface area contributed by atoms with Crippen molar-refractivity contribution >= 4 is 11.4 Å². The lowest BCUT2D eigenvalue weighted by molar-refractivity contribution is 0.135. The number of aliphatic hydroxyl groups is 1. The summed E-state index contributed by atoms with van der Waals surface area (Å²) in [6.07, 6.45) is 3.42. The molecule has 1 atom stereocenters. The highest BCUT2D eigenvalue weighted by Gasteiger charge is 2.24. The number of hydrogen-bond donors (Lipinski definition) is 2. The molecule has 0 radical (unpaired) electrons. The molecule has 1 aromatic heterocycles. The van der Waals surface area contributed by atoms with Crippen molar-refractivity contribution in [3.63, 3.8) is 0 Å². The van der Waals surface area contributed by atoms with Crippen LogP contribution in [-0.4, -0.2) is 54.3 Å². The number of anilines is 2. The zero-order valence-electron chi connectivity index (χ0n) is 9.50. The molecule has 2 rings (SSSR count). The maximum Gasteiger partial charge on any atom is 0.0738 e. The molecule has 16 heavy (non-hydrogen) atoms. The number of pyridine rings is 1. The number of hydrogen-bond acceptors (Lipinski definition) is 5. The molecular weight excluding hydrogens is 204 g/mol. The van der Waals surface area contributed by atoms with Crippen molar-refractivity contribution in [2.45, 2.75) is 6.04 Å². The Morgan fingerprint density at radius 3 is 3.06 bits per heavy atom. The van der Waals surface area contributed by atoms with Gasteiger partial charge in [-0.05, 0) is 13.1 Å². The van der Waals surface area contributed by atoms with E-state index < -0.39 is 0 Å². The number of nitrogens with zero attached hydrogens (tertiary/aromatic N) is 3. The van der Waals surface area contributed by atoms with Crippen LogP contribution in [0.4, 0.5) is 11.4 Å². The molecule has 0 bridgehead atoms. The smallest absolute Gasteiger partial charge is 0.0738 e. The topological polar surface area (TPSA) is 65.6 Å². The molecular formula is C11H18N4O. The van der Waals surface area contributed by atoms with Crippen LogP contribution in [0, 0.1) is 0 Å². The van der Waals surface area contributed by atoms with Crippen molar-refractivity contribution in [3.05, 3.63) is 18.5 Å². The van der Waals surface area contributed by atoms with Gasteiger partial charge in [-0.1, -0.05) is 0 Å². The second-order valence-electron chi connectivity index (χ2n) is 4.20. The monoisotopic (exact) mass is 222 g/mol. The van der Waals surface area contributed by atoms with Gasteiger partial charge < -0.3 is 15.7 Å². The number of piperazine rings is 1. The summed E-state index contributed by atoms with van der Waals surface area (Å²) in [6.45, 7) is 2.85. The molecule has 0 aliphatic carbocycles. The maximum absolute atomic E-state index is 9.28. The predicted molar refractivity (Wildman–Crippen MR) is 64.4 cm³/mol. The first-order valence-corrected chi connectivity index (χ1v) is 5.48. The van der Waals surface area contributed by atoms with Gasteiger partial charge in [0.15, 0.2) is 0 Å². The number of likely N-dealkylation sites (N-methyl/N-ethyl adjacent to an activating group) is 1. The quantitative estimate of drug-likeness (QED) is 0.724. The molecule has 1 saturated heterocycles. The molecule has 2 heterocycles. The van der Waals surface area contributed by atoms with E-state index in [-0.39, 0.29) is 12.6 Å². The van der Waals surface area contributed by atoms with Crippen LogP contribution in [0.1, 0.15) is 0 Å². The fourth-order valence-electron chi connectivity index (χ4n) is 2.05. The molecule has 0 spiro atoms. The average molecular weight is 222 g/mol. The molecule has 1 fully saturated rings. The van der Waals surface area contributed by atoms with Gasteiger partial charge in [0.2, 0.25) is 0 Å². The standard InChI is InChI=1S/C11H18N4O/c1-14-4-5-15(7-9(14)8-16)11-2-3-13-6-10(11)12/h2-3,6,9,16H,4-5,7-8,12H2,1H3.